The molecule has 0 spiro atoms. The number of carbonyl (C=O) groups excluding carboxylic acids is 2. The van der Waals surface area contributed by atoms with Crippen molar-refractivity contribution in [2.75, 3.05) is 6.54 Å². The Morgan fingerprint density at radius 3 is 2.86 bits per heavy atom. The minimum Gasteiger partial charge on any atom is -0.348 e. The van der Waals surface area contributed by atoms with Gasteiger partial charge in [-0.3, -0.25) is 18.7 Å². The van der Waals surface area contributed by atoms with Gasteiger partial charge in [0.15, 0.2) is 5.69 Å². The molecule has 2 unspecified atom stereocenters. The number of imidazole rings is 1. The molecule has 2 amide bonds. The summed E-state index contributed by atoms with van der Waals surface area (Å²) in [6.07, 6.45) is 6.04. The number of hydrogen-bond donors (Lipinski definition) is 1. The third kappa shape index (κ3) is 3.59. The fraction of sp³-hybridized carbons (Fsp3) is 0.400. The molecule has 0 aromatic carbocycles. The van der Waals surface area contributed by atoms with Crippen molar-refractivity contribution in [1.82, 2.24) is 29.4 Å². The lowest BCUT2D eigenvalue weighted by atomic mass is 9.97. The Morgan fingerprint density at radius 2 is 2.17 bits per heavy atom. The molecular formula is C20H23FN6O2. The number of fused-ring (bicyclic) bond motifs is 1. The molecule has 1 N–H and O–H groups in total. The number of nitrogens with zero attached hydrogens (tertiary/aromatic N) is 5. The zero-order valence-corrected chi connectivity index (χ0v) is 16.4. The molecule has 2 atom stereocenters. The highest BCUT2D eigenvalue weighted by Crippen LogP contribution is 2.21. The van der Waals surface area contributed by atoms with Crippen molar-refractivity contribution in [1.29, 1.82) is 0 Å². The van der Waals surface area contributed by atoms with Gasteiger partial charge in [-0.05, 0) is 38.8 Å². The normalized spacial score (nSPS) is 19.5. The van der Waals surface area contributed by atoms with E-state index in [0.717, 1.165) is 0 Å². The van der Waals surface area contributed by atoms with Gasteiger partial charge in [0.2, 0.25) is 5.95 Å². The second-order valence-corrected chi connectivity index (χ2v) is 7.31. The van der Waals surface area contributed by atoms with Crippen LogP contribution in [0.4, 0.5) is 4.39 Å². The van der Waals surface area contributed by atoms with Gasteiger partial charge in [0.1, 0.15) is 5.65 Å². The number of rotatable bonds is 4. The molecule has 1 aliphatic heterocycles. The van der Waals surface area contributed by atoms with Gasteiger partial charge >= 0.3 is 0 Å². The lowest BCUT2D eigenvalue weighted by molar-refractivity contribution is 0.0595. The van der Waals surface area contributed by atoms with Crippen LogP contribution in [-0.2, 0) is 6.54 Å². The molecule has 4 heterocycles. The standard InChI is InChI=1S/C20H23FN6O2/c1-3-25-12-14(11-22-25)20(29)26-9-7-15(10-13(26)2)23-19(28)17-18(21)27-8-5-4-6-16(27)24-17/h4-6,8,11-13,15H,3,7,9-10H2,1-2H3,(H,23,28). The van der Waals surface area contributed by atoms with Gasteiger partial charge in [0.05, 0.1) is 11.8 Å². The Bertz CT molecular complexity index is 1060. The minimum atomic E-state index is -0.674. The largest absolute Gasteiger partial charge is 0.348 e. The first-order valence-corrected chi connectivity index (χ1v) is 9.74. The van der Waals surface area contributed by atoms with Crippen molar-refractivity contribution in [3.8, 4) is 0 Å². The average Bonchev–Trinajstić information content (AvgIpc) is 3.33. The van der Waals surface area contributed by atoms with E-state index in [2.05, 4.69) is 15.4 Å². The highest BCUT2D eigenvalue weighted by molar-refractivity contribution is 5.94. The molecule has 0 aliphatic carbocycles. The highest BCUT2D eigenvalue weighted by Gasteiger charge is 2.31. The van der Waals surface area contributed by atoms with Crippen LogP contribution in [0.25, 0.3) is 5.65 Å². The molecule has 0 bridgehead atoms. The van der Waals surface area contributed by atoms with Crippen LogP contribution in [0.15, 0.2) is 36.8 Å². The van der Waals surface area contributed by atoms with Crippen LogP contribution in [0, 0.1) is 5.95 Å². The number of carbonyl (C=O) groups is 2. The monoisotopic (exact) mass is 398 g/mol. The van der Waals surface area contributed by atoms with Crippen LogP contribution < -0.4 is 5.32 Å². The fourth-order valence-electron chi connectivity index (χ4n) is 3.78. The fourth-order valence-corrected chi connectivity index (χ4v) is 3.78. The third-order valence-electron chi connectivity index (χ3n) is 5.36. The first kappa shape index (κ1) is 19.1. The van der Waals surface area contributed by atoms with E-state index in [0.29, 0.717) is 37.1 Å². The number of amides is 2. The van der Waals surface area contributed by atoms with Gasteiger partial charge in [-0.1, -0.05) is 6.07 Å². The van der Waals surface area contributed by atoms with E-state index in [9.17, 15) is 14.0 Å². The maximum absolute atomic E-state index is 14.5. The van der Waals surface area contributed by atoms with E-state index in [-0.39, 0.29) is 23.7 Å². The smallest absolute Gasteiger partial charge is 0.274 e. The van der Waals surface area contributed by atoms with Crippen LogP contribution in [-0.4, -0.2) is 54.5 Å². The number of aryl methyl sites for hydroxylation is 1. The second-order valence-electron chi connectivity index (χ2n) is 7.31. The predicted molar refractivity (Wildman–Crippen MR) is 104 cm³/mol. The molecule has 1 aliphatic rings. The van der Waals surface area contributed by atoms with E-state index < -0.39 is 11.9 Å². The summed E-state index contributed by atoms with van der Waals surface area (Å²) in [7, 11) is 0. The van der Waals surface area contributed by atoms with Gasteiger partial charge in [-0.15, -0.1) is 0 Å². The van der Waals surface area contributed by atoms with Crippen LogP contribution in [0.2, 0.25) is 0 Å². The lowest BCUT2D eigenvalue weighted by Gasteiger charge is -2.37. The van der Waals surface area contributed by atoms with Gasteiger partial charge in [0, 0.05) is 37.6 Å². The molecule has 29 heavy (non-hydrogen) atoms. The number of halogens is 1. The number of piperidine rings is 1. The maximum Gasteiger partial charge on any atom is 0.274 e. The van der Waals surface area contributed by atoms with Gasteiger partial charge < -0.3 is 10.2 Å². The summed E-state index contributed by atoms with van der Waals surface area (Å²) in [4.78, 5) is 31.2. The van der Waals surface area contributed by atoms with Gasteiger partial charge in [-0.25, -0.2) is 4.98 Å². The molecule has 0 radical (unpaired) electrons. The second kappa shape index (κ2) is 7.65. The molecule has 152 valence electrons. The Labute approximate surface area is 167 Å². The quantitative estimate of drug-likeness (QED) is 0.730. The molecule has 1 saturated heterocycles. The van der Waals surface area contributed by atoms with E-state index in [4.69, 9.17) is 0 Å². The van der Waals surface area contributed by atoms with Crippen molar-refractivity contribution < 1.29 is 14.0 Å². The van der Waals surface area contributed by atoms with Crippen LogP contribution in [0.3, 0.4) is 0 Å². The van der Waals surface area contributed by atoms with Crippen molar-refractivity contribution in [3.63, 3.8) is 0 Å². The average molecular weight is 398 g/mol. The first-order valence-electron chi connectivity index (χ1n) is 9.74. The van der Waals surface area contributed by atoms with Crippen LogP contribution in [0.1, 0.15) is 47.5 Å². The summed E-state index contributed by atoms with van der Waals surface area (Å²) in [5.74, 6) is -1.27. The summed E-state index contributed by atoms with van der Waals surface area (Å²) in [6, 6.07) is 4.86. The molecule has 1 fully saturated rings. The number of aromatic nitrogens is 4. The van der Waals surface area contributed by atoms with E-state index >= 15 is 0 Å². The van der Waals surface area contributed by atoms with E-state index in [1.807, 2.05) is 13.8 Å². The Kier molecular flexibility index (Phi) is 5.04. The molecule has 3 aromatic heterocycles. The van der Waals surface area contributed by atoms with Crippen molar-refractivity contribution in [2.45, 2.75) is 45.3 Å². The first-order chi connectivity index (χ1) is 14.0. The molecular weight excluding hydrogens is 375 g/mol. The zero-order valence-electron chi connectivity index (χ0n) is 16.4. The maximum atomic E-state index is 14.5. The van der Waals surface area contributed by atoms with E-state index in [1.165, 1.54) is 10.6 Å². The topological polar surface area (TPSA) is 84.5 Å². The van der Waals surface area contributed by atoms with Crippen molar-refractivity contribution in [2.24, 2.45) is 0 Å². The van der Waals surface area contributed by atoms with Gasteiger partial charge in [-0.2, -0.15) is 9.49 Å². The number of hydrogen-bond acceptors (Lipinski definition) is 4. The molecule has 3 aromatic rings. The number of pyridine rings is 1. The Balaban J connectivity index is 1.41. The molecule has 4 rings (SSSR count). The predicted octanol–water partition coefficient (Wildman–Crippen LogP) is 2.11. The summed E-state index contributed by atoms with van der Waals surface area (Å²) in [6.45, 7) is 5.13. The van der Waals surface area contributed by atoms with Gasteiger partial charge in [0.25, 0.3) is 11.8 Å². The number of likely N-dealkylation sites (tertiary alicyclic amines) is 1. The molecule has 8 nitrogen and oxygen atoms in total. The number of nitrogens with one attached hydrogen (secondary N) is 1. The molecule has 9 heteroatoms. The van der Waals surface area contributed by atoms with Crippen LogP contribution >= 0.6 is 0 Å². The summed E-state index contributed by atoms with van der Waals surface area (Å²) in [5.41, 5.74) is 0.735. The van der Waals surface area contributed by atoms with Crippen molar-refractivity contribution >= 4 is 17.5 Å². The SMILES string of the molecule is CCn1cc(C(=O)N2CCC(NC(=O)c3nc4ccccn4c3F)CC2C)cn1. The molecule has 0 saturated carbocycles. The van der Waals surface area contributed by atoms with Crippen LogP contribution in [0.5, 0.6) is 0 Å². The highest BCUT2D eigenvalue weighted by atomic mass is 19.1. The summed E-state index contributed by atoms with van der Waals surface area (Å²) < 4.78 is 17.4. The zero-order chi connectivity index (χ0) is 20.5. The van der Waals surface area contributed by atoms with Crippen molar-refractivity contribution in [3.05, 3.63) is 54.0 Å². The lowest BCUT2D eigenvalue weighted by Crippen LogP contribution is -2.51. The third-order valence-corrected chi connectivity index (χ3v) is 5.36. The van der Waals surface area contributed by atoms with E-state index in [1.54, 1.807) is 40.2 Å². The summed E-state index contributed by atoms with van der Waals surface area (Å²) in [5, 5.41) is 7.03. The summed E-state index contributed by atoms with van der Waals surface area (Å²) >= 11 is 0. The Hall–Kier alpha value is -3.23. The minimum absolute atomic E-state index is 0.0579. The Morgan fingerprint density at radius 1 is 1.34 bits per heavy atom.